The second kappa shape index (κ2) is 7.45. The zero-order valence-corrected chi connectivity index (χ0v) is 14.0. The van der Waals surface area contributed by atoms with Gasteiger partial charge in [0.15, 0.2) is 0 Å². The molecular weight excluding hydrogens is 354 g/mol. The molecule has 0 aromatic heterocycles. The Morgan fingerprint density at radius 3 is 2.62 bits per heavy atom. The largest absolute Gasteiger partial charge is 0.550 e. The number of carbonyl (C=O) groups is 3. The molecule has 0 spiro atoms. The van der Waals surface area contributed by atoms with Gasteiger partial charge in [-0.25, -0.2) is 0 Å². The van der Waals surface area contributed by atoms with Gasteiger partial charge in [-0.15, -0.1) is 0 Å². The maximum Gasteiger partial charge on any atom is 0.266 e. The highest BCUT2D eigenvalue weighted by Crippen LogP contribution is 2.35. The number of carbonyl (C=O) groups excluding carboxylic acids is 3. The molecular formula is C15H11NO6S2-2. The van der Waals surface area contributed by atoms with Crippen molar-refractivity contribution in [2.75, 3.05) is 7.11 Å². The molecule has 0 unspecified atom stereocenters. The van der Waals surface area contributed by atoms with Crippen LogP contribution in [0.4, 0.5) is 0 Å². The summed E-state index contributed by atoms with van der Waals surface area (Å²) in [4.78, 5) is 35.2. The molecule has 0 bridgehead atoms. The van der Waals surface area contributed by atoms with Crippen LogP contribution in [0.25, 0.3) is 6.08 Å². The predicted molar refractivity (Wildman–Crippen MR) is 86.4 cm³/mol. The van der Waals surface area contributed by atoms with E-state index < -0.39 is 30.3 Å². The fraction of sp³-hybridized carbons (Fsp3) is 0.200. The molecule has 0 saturated carbocycles. The van der Waals surface area contributed by atoms with Crippen LogP contribution >= 0.6 is 24.0 Å². The summed E-state index contributed by atoms with van der Waals surface area (Å²) in [5.41, 5.74) is 0.602. The predicted octanol–water partition coefficient (Wildman–Crippen LogP) is -0.845. The number of hydrogen-bond acceptors (Lipinski definition) is 8. The minimum atomic E-state index is -1.72. The summed E-state index contributed by atoms with van der Waals surface area (Å²) in [5, 5.41) is 21.9. The van der Waals surface area contributed by atoms with Gasteiger partial charge >= 0.3 is 0 Å². The van der Waals surface area contributed by atoms with E-state index in [2.05, 4.69) is 0 Å². The number of carboxylic acids is 2. The number of rotatable bonds is 6. The molecule has 2 rings (SSSR count). The van der Waals surface area contributed by atoms with E-state index in [0.29, 0.717) is 11.3 Å². The fourth-order valence-corrected chi connectivity index (χ4v) is 3.46. The van der Waals surface area contributed by atoms with Crippen molar-refractivity contribution in [2.45, 2.75) is 12.5 Å². The van der Waals surface area contributed by atoms with Crippen LogP contribution in [-0.4, -0.2) is 40.2 Å². The Morgan fingerprint density at radius 1 is 1.38 bits per heavy atom. The molecule has 9 heteroatoms. The first-order valence-electron chi connectivity index (χ1n) is 6.66. The van der Waals surface area contributed by atoms with E-state index in [0.717, 1.165) is 16.7 Å². The molecule has 24 heavy (non-hydrogen) atoms. The van der Waals surface area contributed by atoms with Crippen LogP contribution in [0.15, 0.2) is 29.2 Å². The van der Waals surface area contributed by atoms with Crippen LogP contribution in [0.2, 0.25) is 0 Å². The van der Waals surface area contributed by atoms with E-state index in [9.17, 15) is 24.6 Å². The van der Waals surface area contributed by atoms with Gasteiger partial charge in [0, 0.05) is 18.0 Å². The number of ether oxygens (including phenoxy) is 1. The lowest BCUT2D eigenvalue weighted by Gasteiger charge is -2.27. The van der Waals surface area contributed by atoms with Crippen molar-refractivity contribution in [1.29, 1.82) is 0 Å². The normalized spacial score (nSPS) is 17.2. The van der Waals surface area contributed by atoms with Crippen molar-refractivity contribution in [1.82, 2.24) is 4.90 Å². The zero-order valence-electron chi connectivity index (χ0n) is 12.4. The van der Waals surface area contributed by atoms with Gasteiger partial charge < -0.3 is 24.5 Å². The van der Waals surface area contributed by atoms with Gasteiger partial charge in [0.25, 0.3) is 5.91 Å². The first-order chi connectivity index (χ1) is 11.3. The van der Waals surface area contributed by atoms with Crippen LogP contribution in [0, 0.1) is 0 Å². The fourth-order valence-electron chi connectivity index (χ4n) is 2.11. The second-order valence-corrected chi connectivity index (χ2v) is 6.38. The average molecular weight is 365 g/mol. The summed E-state index contributed by atoms with van der Waals surface area (Å²) >= 11 is 5.89. The number of para-hydroxylation sites is 1. The molecule has 0 aliphatic carbocycles. The Hall–Kier alpha value is -2.39. The quantitative estimate of drug-likeness (QED) is 0.474. The van der Waals surface area contributed by atoms with E-state index in [4.69, 9.17) is 17.0 Å². The zero-order chi connectivity index (χ0) is 17.9. The molecule has 126 valence electrons. The highest BCUT2D eigenvalue weighted by atomic mass is 32.2. The Morgan fingerprint density at radius 2 is 2.04 bits per heavy atom. The van der Waals surface area contributed by atoms with Crippen molar-refractivity contribution in [2.24, 2.45) is 0 Å². The summed E-state index contributed by atoms with van der Waals surface area (Å²) in [7, 11) is 1.48. The van der Waals surface area contributed by atoms with E-state index >= 15 is 0 Å². The van der Waals surface area contributed by atoms with Crippen LogP contribution < -0.4 is 14.9 Å². The number of thiocarbonyl (C=S) groups is 1. The Kier molecular flexibility index (Phi) is 5.58. The van der Waals surface area contributed by atoms with Crippen molar-refractivity contribution >= 4 is 52.2 Å². The Balaban J connectivity index is 2.36. The lowest BCUT2D eigenvalue weighted by molar-refractivity contribution is -0.319. The van der Waals surface area contributed by atoms with E-state index in [1.165, 1.54) is 13.2 Å². The molecule has 1 saturated heterocycles. The number of amides is 1. The first-order valence-corrected chi connectivity index (χ1v) is 7.88. The molecule has 7 nitrogen and oxygen atoms in total. The van der Waals surface area contributed by atoms with Crippen LogP contribution in [-0.2, 0) is 14.4 Å². The van der Waals surface area contributed by atoms with E-state index in [1.807, 2.05) is 0 Å². The molecule has 1 heterocycles. The standard InChI is InChI=1S/C15H13NO6S2/c1-22-10-5-3-2-4-8(10)6-11-13(19)16(15(23)24-11)9(14(20)21)7-12(17)18/h2-6,9H,7H2,1H3,(H,17,18)(H,20,21)/p-2/b11-6-/t9-/m0/s1. The number of thioether (sulfide) groups is 1. The van der Waals surface area contributed by atoms with Gasteiger partial charge in [0.05, 0.1) is 24.0 Å². The monoisotopic (exact) mass is 365 g/mol. The van der Waals surface area contributed by atoms with E-state index in [-0.39, 0.29) is 9.23 Å². The third-order valence-corrected chi connectivity index (χ3v) is 4.52. The summed E-state index contributed by atoms with van der Waals surface area (Å²) in [5.74, 6) is -3.51. The van der Waals surface area contributed by atoms with Crippen LogP contribution in [0.1, 0.15) is 12.0 Å². The third kappa shape index (κ3) is 3.74. The van der Waals surface area contributed by atoms with Gasteiger partial charge in [-0.3, -0.25) is 9.69 Å². The van der Waals surface area contributed by atoms with E-state index in [1.54, 1.807) is 24.3 Å². The maximum atomic E-state index is 12.5. The molecule has 1 aromatic carbocycles. The highest BCUT2D eigenvalue weighted by Gasteiger charge is 2.37. The number of aliphatic carboxylic acids is 2. The number of hydrogen-bond donors (Lipinski definition) is 0. The lowest BCUT2D eigenvalue weighted by Crippen LogP contribution is -2.52. The summed E-state index contributed by atoms with van der Waals surface area (Å²) in [6.45, 7) is 0. The lowest BCUT2D eigenvalue weighted by atomic mass is 10.1. The van der Waals surface area contributed by atoms with Gasteiger partial charge in [-0.2, -0.15) is 0 Å². The number of methoxy groups -OCH3 is 1. The SMILES string of the molecule is COc1ccccc1/C=C1\SC(=S)N([C@@H](CC(=O)[O-])C(=O)[O-])C1=O. The molecule has 1 aromatic rings. The molecule has 0 N–H and O–H groups in total. The minimum Gasteiger partial charge on any atom is -0.550 e. The second-order valence-electron chi connectivity index (χ2n) is 4.70. The third-order valence-electron chi connectivity index (χ3n) is 3.19. The smallest absolute Gasteiger partial charge is 0.266 e. The minimum absolute atomic E-state index is 0.0587. The first kappa shape index (κ1) is 18.0. The van der Waals surface area contributed by atoms with Crippen molar-refractivity contribution in [3.05, 3.63) is 34.7 Å². The van der Waals surface area contributed by atoms with Gasteiger partial charge in [0.2, 0.25) is 0 Å². The number of carboxylic acid groups (broad SMARTS) is 2. The van der Waals surface area contributed by atoms with Crippen LogP contribution in [0.5, 0.6) is 5.75 Å². The van der Waals surface area contributed by atoms with Crippen LogP contribution in [0.3, 0.4) is 0 Å². The molecule has 1 atom stereocenters. The molecule has 1 aliphatic rings. The van der Waals surface area contributed by atoms with Gasteiger partial charge in [-0.1, -0.05) is 42.2 Å². The number of benzene rings is 1. The summed E-state index contributed by atoms with van der Waals surface area (Å²) in [6, 6.07) is 5.20. The van der Waals surface area contributed by atoms with Crippen molar-refractivity contribution in [3.8, 4) is 5.75 Å². The van der Waals surface area contributed by atoms with Gasteiger partial charge in [0.1, 0.15) is 10.1 Å². The Labute approximate surface area is 146 Å². The molecule has 1 aliphatic heterocycles. The number of nitrogens with zero attached hydrogens (tertiary/aromatic N) is 1. The molecule has 1 fully saturated rings. The molecule has 1 amide bonds. The topological polar surface area (TPSA) is 110 Å². The summed E-state index contributed by atoms with van der Waals surface area (Å²) in [6.07, 6.45) is 0.597. The Bertz CT molecular complexity index is 745. The van der Waals surface area contributed by atoms with Gasteiger partial charge in [-0.05, 0) is 12.1 Å². The van der Waals surface area contributed by atoms with Crippen molar-refractivity contribution < 1.29 is 29.3 Å². The average Bonchev–Trinajstić information content (AvgIpc) is 2.79. The highest BCUT2D eigenvalue weighted by molar-refractivity contribution is 8.26. The maximum absolute atomic E-state index is 12.5. The summed E-state index contributed by atoms with van der Waals surface area (Å²) < 4.78 is 5.12. The molecule has 0 radical (unpaired) electrons. The van der Waals surface area contributed by atoms with Crippen molar-refractivity contribution in [3.63, 3.8) is 0 Å².